The second kappa shape index (κ2) is 8.47. The molecule has 1 aromatic carbocycles. The standard InChI is InChI=1S/C26H24N6O2/c1-26(2,3)22-15-23(31-34-22)30-25(33)29-19-9-7-17(8-10-19)21-16-28-24-14-18(11-13-32(21)24)20-6-4-5-12-27-20/h4-16H,1-3H3,(H2,29,30,31,33). The molecule has 8 heteroatoms. The molecule has 4 aromatic heterocycles. The van der Waals surface area contributed by atoms with Gasteiger partial charge in [0.25, 0.3) is 0 Å². The first-order valence-electron chi connectivity index (χ1n) is 10.9. The van der Waals surface area contributed by atoms with Crippen LogP contribution in [0.4, 0.5) is 16.3 Å². The number of fused-ring (bicyclic) bond motifs is 1. The summed E-state index contributed by atoms with van der Waals surface area (Å²) in [4.78, 5) is 21.3. The van der Waals surface area contributed by atoms with Gasteiger partial charge in [0.05, 0.1) is 17.6 Å². The van der Waals surface area contributed by atoms with Crippen LogP contribution in [-0.2, 0) is 5.41 Å². The van der Waals surface area contributed by atoms with Crippen LogP contribution in [0.2, 0.25) is 0 Å². The number of carbonyl (C=O) groups is 1. The van der Waals surface area contributed by atoms with Gasteiger partial charge < -0.3 is 9.84 Å². The minimum Gasteiger partial charge on any atom is -0.359 e. The van der Waals surface area contributed by atoms with Crippen LogP contribution in [0.25, 0.3) is 28.2 Å². The zero-order chi connectivity index (χ0) is 23.7. The predicted octanol–water partition coefficient (Wildman–Crippen LogP) is 5.99. The van der Waals surface area contributed by atoms with E-state index in [1.54, 1.807) is 12.3 Å². The van der Waals surface area contributed by atoms with Gasteiger partial charge in [-0.05, 0) is 36.4 Å². The molecule has 0 bridgehead atoms. The molecule has 0 fully saturated rings. The Morgan fingerprint density at radius 3 is 2.47 bits per heavy atom. The summed E-state index contributed by atoms with van der Waals surface area (Å²) in [5.41, 5.74) is 5.16. The van der Waals surface area contributed by atoms with Crippen molar-refractivity contribution in [3.8, 4) is 22.5 Å². The third kappa shape index (κ3) is 4.38. The molecule has 0 aliphatic carbocycles. The molecule has 0 spiro atoms. The zero-order valence-electron chi connectivity index (χ0n) is 19.1. The number of amides is 2. The molecule has 2 N–H and O–H groups in total. The van der Waals surface area contributed by atoms with E-state index >= 15 is 0 Å². The number of anilines is 2. The van der Waals surface area contributed by atoms with Gasteiger partial charge in [0.15, 0.2) is 5.82 Å². The molecule has 0 saturated heterocycles. The largest absolute Gasteiger partial charge is 0.359 e. The van der Waals surface area contributed by atoms with Gasteiger partial charge in [0.1, 0.15) is 11.4 Å². The molecule has 5 aromatic rings. The van der Waals surface area contributed by atoms with E-state index in [0.29, 0.717) is 17.3 Å². The van der Waals surface area contributed by atoms with Crippen molar-refractivity contribution in [2.45, 2.75) is 26.2 Å². The van der Waals surface area contributed by atoms with E-state index in [1.165, 1.54) is 0 Å². The van der Waals surface area contributed by atoms with E-state index in [1.807, 2.05) is 92.2 Å². The first kappa shape index (κ1) is 21.4. The van der Waals surface area contributed by atoms with Gasteiger partial charge in [-0.3, -0.25) is 14.7 Å². The Morgan fingerprint density at radius 1 is 0.941 bits per heavy atom. The smallest absolute Gasteiger partial charge is 0.324 e. The number of carbonyl (C=O) groups excluding carboxylic acids is 1. The Kier molecular flexibility index (Phi) is 5.33. The minimum absolute atomic E-state index is 0.183. The fourth-order valence-electron chi connectivity index (χ4n) is 3.58. The number of hydrogen-bond acceptors (Lipinski definition) is 5. The maximum Gasteiger partial charge on any atom is 0.324 e. The van der Waals surface area contributed by atoms with Crippen LogP contribution in [-0.4, -0.2) is 25.6 Å². The Balaban J connectivity index is 1.29. The second-order valence-electron chi connectivity index (χ2n) is 8.98. The molecule has 0 aliphatic heterocycles. The van der Waals surface area contributed by atoms with Crippen LogP contribution in [0.5, 0.6) is 0 Å². The molecular formula is C26H24N6O2. The first-order valence-corrected chi connectivity index (χ1v) is 10.9. The topological polar surface area (TPSA) is 97.3 Å². The summed E-state index contributed by atoms with van der Waals surface area (Å²) in [5, 5.41) is 9.41. The van der Waals surface area contributed by atoms with E-state index in [2.05, 4.69) is 25.8 Å². The summed E-state index contributed by atoms with van der Waals surface area (Å²) in [6, 6.07) is 18.8. The number of nitrogens with one attached hydrogen (secondary N) is 2. The average Bonchev–Trinajstić information content (AvgIpc) is 3.47. The number of aromatic nitrogens is 4. The molecule has 0 radical (unpaired) electrons. The average molecular weight is 453 g/mol. The number of rotatable bonds is 4. The number of hydrogen-bond donors (Lipinski definition) is 2. The summed E-state index contributed by atoms with van der Waals surface area (Å²) >= 11 is 0. The first-order chi connectivity index (χ1) is 16.4. The molecule has 34 heavy (non-hydrogen) atoms. The second-order valence-corrected chi connectivity index (χ2v) is 8.98. The van der Waals surface area contributed by atoms with Gasteiger partial charge >= 0.3 is 6.03 Å². The van der Waals surface area contributed by atoms with Crippen molar-refractivity contribution in [2.24, 2.45) is 0 Å². The Morgan fingerprint density at radius 2 is 1.76 bits per heavy atom. The summed E-state index contributed by atoms with van der Waals surface area (Å²) in [6.07, 6.45) is 5.61. The molecule has 0 aliphatic rings. The number of pyridine rings is 2. The molecular weight excluding hydrogens is 428 g/mol. The van der Waals surface area contributed by atoms with Crippen LogP contribution < -0.4 is 10.6 Å². The van der Waals surface area contributed by atoms with Crippen molar-refractivity contribution in [1.82, 2.24) is 19.5 Å². The number of nitrogens with zero attached hydrogens (tertiary/aromatic N) is 4. The highest BCUT2D eigenvalue weighted by atomic mass is 16.5. The fraction of sp³-hybridized carbons (Fsp3) is 0.154. The lowest BCUT2D eigenvalue weighted by molar-refractivity contribution is 0.262. The highest BCUT2D eigenvalue weighted by molar-refractivity contribution is 5.99. The lowest BCUT2D eigenvalue weighted by Crippen LogP contribution is -2.19. The highest BCUT2D eigenvalue weighted by Gasteiger charge is 2.20. The van der Waals surface area contributed by atoms with E-state index < -0.39 is 6.03 Å². The van der Waals surface area contributed by atoms with Crippen molar-refractivity contribution in [1.29, 1.82) is 0 Å². The third-order valence-electron chi connectivity index (χ3n) is 5.40. The molecule has 0 atom stereocenters. The van der Waals surface area contributed by atoms with Crippen LogP contribution in [0.1, 0.15) is 26.5 Å². The quantitative estimate of drug-likeness (QED) is 0.349. The van der Waals surface area contributed by atoms with Gasteiger partial charge in [-0.1, -0.05) is 44.1 Å². The summed E-state index contributed by atoms with van der Waals surface area (Å²) in [5.74, 6) is 1.07. The third-order valence-corrected chi connectivity index (χ3v) is 5.40. The highest BCUT2D eigenvalue weighted by Crippen LogP contribution is 2.26. The predicted molar refractivity (Wildman–Crippen MR) is 132 cm³/mol. The summed E-state index contributed by atoms with van der Waals surface area (Å²) in [6.45, 7) is 6.05. The van der Waals surface area contributed by atoms with Gasteiger partial charge in [0.2, 0.25) is 0 Å². The summed E-state index contributed by atoms with van der Waals surface area (Å²) in [7, 11) is 0. The van der Waals surface area contributed by atoms with Crippen LogP contribution in [0.15, 0.2) is 83.8 Å². The van der Waals surface area contributed by atoms with E-state index in [9.17, 15) is 4.79 Å². The molecule has 0 unspecified atom stereocenters. The SMILES string of the molecule is CC(C)(C)c1cc(NC(=O)Nc2ccc(-c3cnc4cc(-c5ccccn5)ccn34)cc2)no1. The van der Waals surface area contributed by atoms with Crippen molar-refractivity contribution in [2.75, 3.05) is 10.6 Å². The van der Waals surface area contributed by atoms with Gasteiger partial charge in [-0.2, -0.15) is 0 Å². The fourth-order valence-corrected chi connectivity index (χ4v) is 3.58. The van der Waals surface area contributed by atoms with Gasteiger partial charge in [-0.15, -0.1) is 0 Å². The maximum absolute atomic E-state index is 12.4. The maximum atomic E-state index is 12.4. The number of imidazole rings is 1. The van der Waals surface area contributed by atoms with Crippen LogP contribution >= 0.6 is 0 Å². The number of urea groups is 1. The molecule has 2 amide bonds. The molecule has 0 saturated carbocycles. The monoisotopic (exact) mass is 452 g/mol. The Bertz CT molecular complexity index is 1450. The molecule has 170 valence electrons. The van der Waals surface area contributed by atoms with E-state index in [4.69, 9.17) is 4.52 Å². The van der Waals surface area contributed by atoms with E-state index in [0.717, 1.165) is 28.2 Å². The molecule has 4 heterocycles. The lowest BCUT2D eigenvalue weighted by Gasteiger charge is -2.12. The van der Waals surface area contributed by atoms with Gasteiger partial charge in [-0.25, -0.2) is 9.78 Å². The van der Waals surface area contributed by atoms with Crippen LogP contribution in [0, 0.1) is 0 Å². The van der Waals surface area contributed by atoms with Crippen molar-refractivity contribution >= 4 is 23.2 Å². The Labute approximate surface area is 196 Å². The molecule has 5 rings (SSSR count). The normalized spacial score (nSPS) is 11.5. The van der Waals surface area contributed by atoms with Crippen molar-refractivity contribution in [3.63, 3.8) is 0 Å². The van der Waals surface area contributed by atoms with Gasteiger partial charge in [0, 0.05) is 40.7 Å². The Hall–Kier alpha value is -4.46. The van der Waals surface area contributed by atoms with Crippen molar-refractivity contribution in [3.05, 3.63) is 85.0 Å². The number of benzene rings is 1. The van der Waals surface area contributed by atoms with Crippen molar-refractivity contribution < 1.29 is 9.32 Å². The molecule has 8 nitrogen and oxygen atoms in total. The minimum atomic E-state index is -0.390. The zero-order valence-corrected chi connectivity index (χ0v) is 19.1. The summed E-state index contributed by atoms with van der Waals surface area (Å²) < 4.78 is 7.33. The lowest BCUT2D eigenvalue weighted by atomic mass is 9.93. The van der Waals surface area contributed by atoms with Crippen LogP contribution in [0.3, 0.4) is 0 Å². The van der Waals surface area contributed by atoms with E-state index in [-0.39, 0.29) is 5.41 Å².